The molecule has 0 aliphatic carbocycles. The lowest BCUT2D eigenvalue weighted by atomic mass is 9.80. The average Bonchev–Trinajstić information content (AvgIpc) is 3.44. The molecule has 0 saturated carbocycles. The van der Waals surface area contributed by atoms with Crippen LogP contribution in [0.2, 0.25) is 10.0 Å². The van der Waals surface area contributed by atoms with Gasteiger partial charge in [0, 0.05) is 24.8 Å². The van der Waals surface area contributed by atoms with Gasteiger partial charge in [-0.3, -0.25) is 28.9 Å². The number of para-hydroxylation sites is 1. The fourth-order valence-corrected chi connectivity index (χ4v) is 5.85. The fraction of sp³-hybridized carbons (Fsp3) is 0.433. The van der Waals surface area contributed by atoms with Crippen LogP contribution < -0.4 is 10.6 Å². The normalized spacial score (nSPS) is 21.1. The van der Waals surface area contributed by atoms with Gasteiger partial charge in [-0.2, -0.15) is 0 Å². The summed E-state index contributed by atoms with van der Waals surface area (Å²) >= 11 is 12.0. The number of nitrogens with one attached hydrogen (secondary N) is 2. The van der Waals surface area contributed by atoms with Crippen LogP contribution in [0.5, 0.6) is 0 Å². The topological polar surface area (TPSA) is 103 Å². The van der Waals surface area contributed by atoms with Gasteiger partial charge < -0.3 is 15.5 Å². The highest BCUT2D eigenvalue weighted by molar-refractivity contribution is 6.42. The van der Waals surface area contributed by atoms with Crippen molar-refractivity contribution in [2.45, 2.75) is 64.2 Å². The van der Waals surface area contributed by atoms with E-state index in [1.807, 2.05) is 45.0 Å². The zero-order valence-corrected chi connectivity index (χ0v) is 25.1. The summed E-state index contributed by atoms with van der Waals surface area (Å²) in [6.45, 7) is 15.3. The number of anilines is 1. The maximum Gasteiger partial charge on any atom is 0.302 e. The molecule has 0 aromatic heterocycles. The third-order valence-electron chi connectivity index (χ3n) is 7.69. The summed E-state index contributed by atoms with van der Waals surface area (Å²) in [5.74, 6) is -1.64. The Labute approximate surface area is 250 Å². The largest absolute Gasteiger partial charge is 0.341 e. The lowest BCUT2D eigenvalue weighted by Gasteiger charge is -2.36. The average molecular weight is 599 g/mol. The van der Waals surface area contributed by atoms with Gasteiger partial charge >= 0.3 is 6.17 Å². The Balaban J connectivity index is 1.58. The molecule has 2 aliphatic heterocycles. The second-order valence-electron chi connectivity index (χ2n) is 11.9. The molecule has 4 amide bonds. The van der Waals surface area contributed by atoms with E-state index in [1.54, 1.807) is 6.92 Å². The highest BCUT2D eigenvalue weighted by atomic mass is 35.5. The maximum absolute atomic E-state index is 14.2. The first-order chi connectivity index (χ1) is 19.2. The molecule has 216 valence electrons. The molecule has 4 atom stereocenters. The standard InChI is InChI=1S/C30H33Cl2N5O4/c1-17(34-25(38)18-11-12-20(31)21(32)13-18)26(39)36(6)23(14-29(2,3)4)27(40)37-16-30(15-24(37)33-5)19-9-7-8-10-22(19)35-28(30)41/h7-13,17,23-24H,14-16H2,1-4,6H3,(H,34,38)(H,35,41)/t17-,23-,24-,30-/m0/s1. The molecule has 2 aromatic rings. The lowest BCUT2D eigenvalue weighted by Crippen LogP contribution is -2.56. The molecule has 1 fully saturated rings. The highest BCUT2D eigenvalue weighted by Crippen LogP contribution is 2.47. The summed E-state index contributed by atoms with van der Waals surface area (Å²) in [6.07, 6.45) is -0.392. The Morgan fingerprint density at radius 3 is 2.51 bits per heavy atom. The second-order valence-corrected chi connectivity index (χ2v) is 12.7. The van der Waals surface area contributed by atoms with E-state index >= 15 is 0 Å². The van der Waals surface area contributed by atoms with Crippen LogP contribution in [0.3, 0.4) is 0 Å². The number of hydrogen-bond acceptors (Lipinski definition) is 4. The van der Waals surface area contributed by atoms with Gasteiger partial charge in [0.2, 0.25) is 11.8 Å². The van der Waals surface area contributed by atoms with E-state index in [4.69, 9.17) is 29.8 Å². The molecule has 2 aliphatic rings. The van der Waals surface area contributed by atoms with Crippen LogP contribution in [0, 0.1) is 12.0 Å². The molecule has 9 nitrogen and oxygen atoms in total. The zero-order valence-electron chi connectivity index (χ0n) is 23.6. The fourth-order valence-electron chi connectivity index (χ4n) is 5.56. The van der Waals surface area contributed by atoms with E-state index < -0.39 is 41.4 Å². The summed E-state index contributed by atoms with van der Waals surface area (Å²) in [6, 6.07) is 9.83. The van der Waals surface area contributed by atoms with Crippen LogP contribution in [-0.4, -0.2) is 65.3 Å². The summed E-state index contributed by atoms with van der Waals surface area (Å²) in [5.41, 5.74) is 0.299. The van der Waals surface area contributed by atoms with Gasteiger partial charge in [0.25, 0.3) is 11.8 Å². The third-order valence-corrected chi connectivity index (χ3v) is 8.43. The number of rotatable bonds is 6. The molecule has 0 unspecified atom stereocenters. The van der Waals surface area contributed by atoms with Crippen molar-refractivity contribution < 1.29 is 19.2 Å². The van der Waals surface area contributed by atoms with Crippen molar-refractivity contribution in [2.75, 3.05) is 18.9 Å². The number of nitrogens with zero attached hydrogens (tertiary/aromatic N) is 3. The van der Waals surface area contributed by atoms with Gasteiger partial charge in [-0.25, -0.2) is 6.57 Å². The second kappa shape index (κ2) is 11.3. The van der Waals surface area contributed by atoms with Gasteiger partial charge in [0.1, 0.15) is 17.5 Å². The molecule has 2 aromatic carbocycles. The van der Waals surface area contributed by atoms with E-state index in [0.717, 1.165) is 5.56 Å². The number of likely N-dealkylation sites (tertiary alicyclic amines) is 1. The van der Waals surface area contributed by atoms with Crippen LogP contribution in [0.15, 0.2) is 42.5 Å². The van der Waals surface area contributed by atoms with Crippen LogP contribution in [0.1, 0.15) is 56.5 Å². The Morgan fingerprint density at radius 2 is 1.88 bits per heavy atom. The summed E-state index contributed by atoms with van der Waals surface area (Å²) in [5, 5.41) is 6.08. The first kappa shape index (κ1) is 30.4. The maximum atomic E-state index is 14.2. The number of carbonyl (C=O) groups is 4. The number of carbonyl (C=O) groups excluding carboxylic acids is 4. The Morgan fingerprint density at radius 1 is 1.20 bits per heavy atom. The van der Waals surface area contributed by atoms with Gasteiger partial charge in [-0.05, 0) is 48.6 Å². The Hall–Kier alpha value is -3.61. The molecular formula is C30H33Cl2N5O4. The van der Waals surface area contributed by atoms with Gasteiger partial charge in [0.15, 0.2) is 0 Å². The van der Waals surface area contributed by atoms with Crippen LogP contribution >= 0.6 is 23.2 Å². The molecule has 1 spiro atoms. The first-order valence-corrected chi connectivity index (χ1v) is 14.0. The van der Waals surface area contributed by atoms with Crippen molar-refractivity contribution in [1.29, 1.82) is 0 Å². The van der Waals surface area contributed by atoms with Crippen LogP contribution in [0.25, 0.3) is 4.85 Å². The molecule has 0 bridgehead atoms. The first-order valence-electron chi connectivity index (χ1n) is 13.3. The molecule has 2 heterocycles. The monoisotopic (exact) mass is 597 g/mol. The van der Waals surface area contributed by atoms with Gasteiger partial charge in [0.05, 0.1) is 16.5 Å². The van der Waals surface area contributed by atoms with E-state index in [2.05, 4.69) is 15.5 Å². The molecule has 11 heteroatoms. The molecular weight excluding hydrogens is 565 g/mol. The number of halogens is 2. The number of benzene rings is 2. The summed E-state index contributed by atoms with van der Waals surface area (Å²) in [7, 11) is 1.52. The molecule has 2 N–H and O–H groups in total. The van der Waals surface area contributed by atoms with E-state index in [-0.39, 0.29) is 34.9 Å². The molecule has 1 saturated heterocycles. The number of likely N-dealkylation sites (N-methyl/N-ethyl adjacent to an activating group) is 1. The predicted octanol–water partition coefficient (Wildman–Crippen LogP) is 4.74. The lowest BCUT2D eigenvalue weighted by molar-refractivity contribution is -0.146. The van der Waals surface area contributed by atoms with Crippen molar-refractivity contribution in [3.8, 4) is 0 Å². The minimum Gasteiger partial charge on any atom is -0.341 e. The smallest absolute Gasteiger partial charge is 0.302 e. The summed E-state index contributed by atoms with van der Waals surface area (Å²) < 4.78 is 0. The Kier molecular flexibility index (Phi) is 8.40. The van der Waals surface area contributed by atoms with Crippen molar-refractivity contribution in [2.24, 2.45) is 5.41 Å². The van der Waals surface area contributed by atoms with E-state index in [0.29, 0.717) is 17.1 Å². The van der Waals surface area contributed by atoms with Crippen LogP contribution in [-0.2, 0) is 19.8 Å². The van der Waals surface area contributed by atoms with Gasteiger partial charge in [-0.1, -0.05) is 62.2 Å². The van der Waals surface area contributed by atoms with Crippen LogP contribution in [0.4, 0.5) is 5.69 Å². The van der Waals surface area contributed by atoms with E-state index in [9.17, 15) is 19.2 Å². The quantitative estimate of drug-likeness (QED) is 0.469. The SMILES string of the molecule is [C-]#[N+][C@@H]1C[C@@]2(CN1C(=O)[C@H](CC(C)(C)C)N(C)C(=O)[C@H](C)NC(=O)c1ccc(Cl)c(Cl)c1)C(=O)Nc1ccccc12. The van der Waals surface area contributed by atoms with Gasteiger partial charge in [-0.15, -0.1) is 0 Å². The number of hydrogen-bond donors (Lipinski definition) is 2. The van der Waals surface area contributed by atoms with Crippen molar-refractivity contribution in [3.05, 3.63) is 75.1 Å². The minimum absolute atomic E-state index is 0.0357. The minimum atomic E-state index is -1.03. The van der Waals surface area contributed by atoms with Crippen molar-refractivity contribution >= 4 is 52.5 Å². The predicted molar refractivity (Wildman–Crippen MR) is 157 cm³/mol. The van der Waals surface area contributed by atoms with Crippen molar-refractivity contribution in [1.82, 2.24) is 15.1 Å². The number of amides is 4. The Bertz CT molecular complexity index is 1450. The summed E-state index contributed by atoms with van der Waals surface area (Å²) in [4.78, 5) is 60.2. The van der Waals surface area contributed by atoms with E-state index in [1.165, 1.54) is 35.0 Å². The number of fused-ring (bicyclic) bond motifs is 2. The highest BCUT2D eigenvalue weighted by Gasteiger charge is 2.59. The zero-order chi connectivity index (χ0) is 30.3. The molecule has 0 radical (unpaired) electrons. The molecule has 4 rings (SSSR count). The third kappa shape index (κ3) is 5.90. The molecule has 41 heavy (non-hydrogen) atoms. The van der Waals surface area contributed by atoms with Crippen molar-refractivity contribution in [3.63, 3.8) is 0 Å².